The lowest BCUT2D eigenvalue weighted by Crippen LogP contribution is -2.42. The molecule has 2 N–H and O–H groups in total. The third-order valence-electron chi connectivity index (χ3n) is 13.4. The first-order valence-electron chi connectivity index (χ1n) is 22.9. The first-order valence-corrected chi connectivity index (χ1v) is 25.9. The first kappa shape index (κ1) is 50.0. The van der Waals surface area contributed by atoms with Crippen LogP contribution in [0.3, 0.4) is 0 Å². The van der Waals surface area contributed by atoms with Gasteiger partial charge in [0, 0.05) is 42.3 Å². The number of hydrogen-bond donors (Lipinski definition) is 2. The Morgan fingerprint density at radius 2 is 0.943 bits per heavy atom. The second kappa shape index (κ2) is 19.4. The molecule has 15 heteroatoms. The van der Waals surface area contributed by atoms with Crippen LogP contribution in [0.5, 0.6) is 0 Å². The molecule has 7 aromatic rings. The summed E-state index contributed by atoms with van der Waals surface area (Å²) in [6.07, 6.45) is 0.394. The molecule has 0 aromatic heterocycles. The number of hydrogen-bond acceptors (Lipinski definition) is 7. The van der Waals surface area contributed by atoms with Crippen molar-refractivity contribution in [2.75, 3.05) is 29.2 Å². The molecule has 0 unspecified atom stereocenters. The van der Waals surface area contributed by atoms with Gasteiger partial charge in [0.05, 0.1) is 44.9 Å². The highest BCUT2D eigenvalue weighted by Gasteiger charge is 2.40. The van der Waals surface area contributed by atoms with E-state index in [0.717, 1.165) is 61.8 Å². The van der Waals surface area contributed by atoms with Crippen LogP contribution >= 0.6 is 0 Å². The number of halogens is 5. The van der Waals surface area contributed by atoms with E-state index in [4.69, 9.17) is 0 Å². The molecule has 1 aliphatic rings. The van der Waals surface area contributed by atoms with Gasteiger partial charge in [-0.25, -0.2) is 38.8 Å². The van der Waals surface area contributed by atoms with Gasteiger partial charge in [0.15, 0.2) is 28.2 Å². The SMILES string of the molecule is Cc1cc(C)c(N(C)c2ccc([C+](c3ccc(N(C)c4c(C)cc(C)cc4C)cc3)c3ccc(NC4CCC(S(=O)(=O)NS(=O)(=O)c5c(F)c(F)c(F)c(F)c5F)CC4)c4ccccc34)cc2)c(C)c1. The van der Waals surface area contributed by atoms with Gasteiger partial charge in [-0.2, -0.15) is 0 Å². The Balaban J connectivity index is 1.09. The monoisotopic (exact) mass is 993 g/mol. The lowest BCUT2D eigenvalue weighted by Gasteiger charge is -2.30. The second-order valence-electron chi connectivity index (χ2n) is 18.4. The summed E-state index contributed by atoms with van der Waals surface area (Å²) in [5.41, 5.74) is 15.3. The van der Waals surface area contributed by atoms with E-state index in [2.05, 4.69) is 156 Å². The zero-order valence-electron chi connectivity index (χ0n) is 40.1. The normalized spacial score (nSPS) is 15.3. The fourth-order valence-electron chi connectivity index (χ4n) is 10.3. The van der Waals surface area contributed by atoms with Gasteiger partial charge in [0.1, 0.15) is 0 Å². The summed E-state index contributed by atoms with van der Waals surface area (Å²) in [4.78, 5) is 2.16. The molecule has 0 bridgehead atoms. The maximum Gasteiger partial charge on any atom is 0.259 e. The molecular formula is C55H54F5N4O4S2+. The van der Waals surface area contributed by atoms with Gasteiger partial charge in [-0.1, -0.05) is 47.5 Å². The summed E-state index contributed by atoms with van der Waals surface area (Å²) >= 11 is 0. The number of nitrogens with zero attached hydrogens (tertiary/aromatic N) is 2. The molecule has 8 nitrogen and oxygen atoms in total. The molecule has 0 saturated heterocycles. The molecule has 7 aromatic carbocycles. The minimum absolute atomic E-state index is 0.0595. The lowest BCUT2D eigenvalue weighted by molar-refractivity contribution is 0.357. The number of benzene rings is 7. The van der Waals surface area contributed by atoms with E-state index in [9.17, 15) is 38.8 Å². The molecular weight excluding hydrogens is 940 g/mol. The molecule has 8 rings (SSSR count). The Kier molecular flexibility index (Phi) is 13.9. The number of rotatable bonds is 13. The van der Waals surface area contributed by atoms with Crippen molar-refractivity contribution in [2.45, 2.75) is 83.4 Å². The molecule has 0 atom stereocenters. The maximum atomic E-state index is 14.4. The van der Waals surface area contributed by atoms with Crippen LogP contribution in [0.4, 0.5) is 50.4 Å². The molecule has 1 fully saturated rings. The van der Waals surface area contributed by atoms with Crippen LogP contribution in [0.1, 0.15) is 75.8 Å². The highest BCUT2D eigenvalue weighted by Crippen LogP contribution is 2.42. The van der Waals surface area contributed by atoms with E-state index in [-0.39, 0.29) is 31.7 Å². The predicted octanol–water partition coefficient (Wildman–Crippen LogP) is 13.0. The van der Waals surface area contributed by atoms with Crippen molar-refractivity contribution in [3.8, 4) is 0 Å². The number of sulfonamides is 2. The van der Waals surface area contributed by atoms with Gasteiger partial charge < -0.3 is 15.1 Å². The Morgan fingerprint density at radius 3 is 1.39 bits per heavy atom. The summed E-state index contributed by atoms with van der Waals surface area (Å²) in [6.45, 7) is 12.7. The average Bonchev–Trinajstić information content (AvgIpc) is 3.30. The Bertz CT molecular complexity index is 3200. The summed E-state index contributed by atoms with van der Waals surface area (Å²) in [5.74, 6) is -11.9. The predicted molar refractivity (Wildman–Crippen MR) is 270 cm³/mol. The molecule has 0 spiro atoms. The Hall–Kier alpha value is -6.42. The zero-order valence-corrected chi connectivity index (χ0v) is 41.7. The molecule has 0 radical (unpaired) electrons. The standard InChI is InChI=1S/C55H54F5N4O4S2/c1-31-27-33(3)53(34(4)28-31)63(7)40-19-13-37(14-20-40)47(38-15-21-41(22-16-38)64(8)54-35(5)29-32(2)30-36(54)6)45-25-26-46(44-12-10-9-11-43(44)45)61-39-17-23-42(24-18-39)69(65,66)62-70(67,68)55-51(59)49(57)48(56)50(58)52(55)60/h9-16,19-22,25-30,39,42,61-62H,17-18,23-24H2,1-8H3/q+1. The van der Waals surface area contributed by atoms with Crippen molar-refractivity contribution in [3.63, 3.8) is 0 Å². The van der Waals surface area contributed by atoms with Gasteiger partial charge >= 0.3 is 0 Å². The van der Waals surface area contributed by atoms with Gasteiger partial charge in [-0.3, -0.25) is 0 Å². The molecule has 1 saturated carbocycles. The quantitative estimate of drug-likeness (QED) is 0.0390. The summed E-state index contributed by atoms with van der Waals surface area (Å²) in [5, 5.41) is 4.11. The van der Waals surface area contributed by atoms with Gasteiger partial charge in [-0.05, 0) is 162 Å². The van der Waals surface area contributed by atoms with Crippen molar-refractivity contribution in [2.24, 2.45) is 0 Å². The summed E-state index contributed by atoms with van der Waals surface area (Å²) in [6, 6.07) is 37.7. The number of aryl methyl sites for hydroxylation is 6. The molecule has 364 valence electrons. The third-order valence-corrected chi connectivity index (χ3v) is 17.4. The van der Waals surface area contributed by atoms with Gasteiger partial charge in [0.25, 0.3) is 10.0 Å². The Morgan fingerprint density at radius 1 is 0.529 bits per heavy atom. The molecule has 0 amide bonds. The van der Waals surface area contributed by atoms with Gasteiger partial charge in [-0.15, -0.1) is 4.13 Å². The van der Waals surface area contributed by atoms with Crippen molar-refractivity contribution in [1.29, 1.82) is 0 Å². The minimum Gasteiger partial charge on any atom is -0.381 e. The summed E-state index contributed by atoms with van der Waals surface area (Å²) in [7, 11) is -6.43. The zero-order chi connectivity index (χ0) is 50.6. The third kappa shape index (κ3) is 9.58. The van der Waals surface area contributed by atoms with Crippen LogP contribution in [0.15, 0.2) is 114 Å². The molecule has 0 aliphatic heterocycles. The summed E-state index contributed by atoms with van der Waals surface area (Å²) < 4.78 is 124. The van der Waals surface area contributed by atoms with E-state index in [0.29, 0.717) is 0 Å². The van der Waals surface area contributed by atoms with E-state index < -0.39 is 59.3 Å². The van der Waals surface area contributed by atoms with Crippen LogP contribution in [0, 0.1) is 76.5 Å². The fourth-order valence-corrected chi connectivity index (χ4v) is 14.0. The molecule has 70 heavy (non-hydrogen) atoms. The van der Waals surface area contributed by atoms with Gasteiger partial charge in [0.2, 0.25) is 15.8 Å². The highest BCUT2D eigenvalue weighted by molar-refractivity contribution is 8.05. The number of anilines is 5. The van der Waals surface area contributed by atoms with Crippen LogP contribution < -0.4 is 19.2 Å². The van der Waals surface area contributed by atoms with E-state index in [1.54, 1.807) is 0 Å². The van der Waals surface area contributed by atoms with E-state index in [1.165, 1.54) is 37.5 Å². The average molecular weight is 994 g/mol. The number of nitrogens with one attached hydrogen (secondary N) is 2. The van der Waals surface area contributed by atoms with Crippen LogP contribution in [0.25, 0.3) is 10.8 Å². The largest absolute Gasteiger partial charge is 0.381 e. The number of fused-ring (bicyclic) bond motifs is 1. The van der Waals surface area contributed by atoms with Crippen LogP contribution in [0.2, 0.25) is 0 Å². The molecule has 1 aliphatic carbocycles. The highest BCUT2D eigenvalue weighted by atomic mass is 32.3. The topological polar surface area (TPSA) is 98.8 Å². The van der Waals surface area contributed by atoms with Crippen LogP contribution in [-0.4, -0.2) is 42.2 Å². The van der Waals surface area contributed by atoms with E-state index >= 15 is 0 Å². The lowest BCUT2D eigenvalue weighted by atomic mass is 9.82. The Labute approximate surface area is 407 Å². The van der Waals surface area contributed by atoms with Crippen LogP contribution in [-0.2, 0) is 20.0 Å². The van der Waals surface area contributed by atoms with Crippen molar-refractivity contribution in [1.82, 2.24) is 4.13 Å². The second-order valence-corrected chi connectivity index (χ2v) is 22.3. The van der Waals surface area contributed by atoms with E-state index in [1.807, 2.05) is 24.3 Å². The maximum absolute atomic E-state index is 14.4. The first-order chi connectivity index (χ1) is 33.1. The van der Waals surface area contributed by atoms with Crippen molar-refractivity contribution in [3.05, 3.63) is 194 Å². The van der Waals surface area contributed by atoms with Crippen molar-refractivity contribution < 1.29 is 38.8 Å². The minimum atomic E-state index is -5.73. The fraction of sp³-hybridized carbons (Fsp3) is 0.255. The van der Waals surface area contributed by atoms with Crippen molar-refractivity contribution >= 4 is 59.3 Å². The smallest absolute Gasteiger partial charge is 0.259 e. The molecule has 0 heterocycles.